The Balaban J connectivity index is 1.17. The number of benzene rings is 2. The van der Waals surface area contributed by atoms with Gasteiger partial charge in [-0.3, -0.25) is 4.79 Å². The molecule has 0 spiro atoms. The fraction of sp³-hybridized carbons (Fsp3) is 0.452. The van der Waals surface area contributed by atoms with E-state index in [4.69, 9.17) is 19.7 Å². The van der Waals surface area contributed by atoms with E-state index in [1.54, 1.807) is 18.4 Å². The lowest BCUT2D eigenvalue weighted by molar-refractivity contribution is -0.138. The number of carbonyl (C=O) groups is 1. The molecule has 11 heteroatoms. The van der Waals surface area contributed by atoms with Crippen molar-refractivity contribution in [2.75, 3.05) is 55.4 Å². The summed E-state index contributed by atoms with van der Waals surface area (Å²) in [5.41, 5.74) is 4.97. The first-order valence-corrected chi connectivity index (χ1v) is 15.7. The number of rotatable bonds is 9. The van der Waals surface area contributed by atoms with Crippen LogP contribution < -0.4 is 15.5 Å². The summed E-state index contributed by atoms with van der Waals surface area (Å²) in [5.74, 6) is 2.20. The predicted molar refractivity (Wildman–Crippen MR) is 168 cm³/mol. The Morgan fingerprint density at radius 1 is 1.05 bits per heavy atom. The van der Waals surface area contributed by atoms with Crippen molar-refractivity contribution in [2.24, 2.45) is 5.92 Å². The van der Waals surface area contributed by atoms with E-state index in [0.717, 1.165) is 41.6 Å². The van der Waals surface area contributed by atoms with Crippen LogP contribution in [0.2, 0.25) is 0 Å². The third-order valence-corrected chi connectivity index (χ3v) is 9.12. The Labute approximate surface area is 250 Å². The molecule has 42 heavy (non-hydrogen) atoms. The number of methoxy groups -OCH3 is 1. The minimum Gasteiger partial charge on any atom is -0.381 e. The number of thiazole rings is 1. The highest BCUT2D eigenvalue weighted by Crippen LogP contribution is 2.29. The molecule has 3 unspecified atom stereocenters. The number of hydrogen-bond donors (Lipinski definition) is 2. The average molecular weight is 587 g/mol. The van der Waals surface area contributed by atoms with Gasteiger partial charge < -0.3 is 25.2 Å². The molecular formula is C31H38N8O2S. The molecule has 1 saturated heterocycles. The Hall–Kier alpha value is -3.83. The largest absolute Gasteiger partial charge is 0.381 e. The summed E-state index contributed by atoms with van der Waals surface area (Å²) < 4.78 is 6.66. The molecule has 3 atom stereocenters. The van der Waals surface area contributed by atoms with Crippen molar-refractivity contribution in [1.29, 1.82) is 0 Å². The summed E-state index contributed by atoms with van der Waals surface area (Å²) in [4.78, 5) is 36.2. The minimum atomic E-state index is 0.0570. The number of hydrogen-bond acceptors (Lipinski definition) is 10. The summed E-state index contributed by atoms with van der Waals surface area (Å²) in [6, 6.07) is 16.5. The first kappa shape index (κ1) is 28.3. The van der Waals surface area contributed by atoms with Gasteiger partial charge in [-0.25, -0.2) is 4.98 Å². The van der Waals surface area contributed by atoms with E-state index in [9.17, 15) is 4.79 Å². The van der Waals surface area contributed by atoms with Crippen LogP contribution in [-0.2, 0) is 9.53 Å². The molecular weight excluding hydrogens is 548 g/mol. The van der Waals surface area contributed by atoms with Crippen molar-refractivity contribution >= 4 is 51.0 Å². The van der Waals surface area contributed by atoms with Crippen molar-refractivity contribution in [2.45, 2.75) is 44.6 Å². The van der Waals surface area contributed by atoms with Crippen LogP contribution in [-0.4, -0.2) is 76.7 Å². The number of nitrogens with zero attached hydrogens (tertiary/aromatic N) is 6. The molecule has 3 heterocycles. The second-order valence-corrected chi connectivity index (χ2v) is 12.1. The SMILES string of the molecule is COC1CCCC(C(=O)N2CCN(c3nc(NCC(C)c4ccccc4)nc(Nc4ccc5ncsc5c4)n3)CC2)C1. The maximum absolute atomic E-state index is 13.3. The topological polar surface area (TPSA) is 108 Å². The molecule has 6 rings (SSSR count). The standard InChI is InChI=1S/C31H38N8O2S/c1-21(22-7-4-3-5-8-22)19-32-29-35-30(34-24-11-12-26-27(18-24)42-20-33-26)37-31(36-29)39-15-13-38(14-16-39)28(40)23-9-6-10-25(17-23)41-2/h3-5,7-8,11-12,18,20-21,23,25H,6,9-10,13-17,19H2,1-2H3,(H2,32,34,35,36,37). The fourth-order valence-electron chi connectivity index (χ4n) is 5.82. The van der Waals surface area contributed by atoms with E-state index in [1.165, 1.54) is 5.56 Å². The van der Waals surface area contributed by atoms with Gasteiger partial charge in [0.1, 0.15) is 0 Å². The number of fused-ring (bicyclic) bond motifs is 1. The summed E-state index contributed by atoms with van der Waals surface area (Å²) >= 11 is 1.60. The maximum atomic E-state index is 13.3. The van der Waals surface area contributed by atoms with Crippen molar-refractivity contribution in [1.82, 2.24) is 24.8 Å². The molecule has 1 saturated carbocycles. The van der Waals surface area contributed by atoms with Crippen LogP contribution in [0.4, 0.5) is 23.5 Å². The van der Waals surface area contributed by atoms with Gasteiger partial charge in [0.25, 0.3) is 0 Å². The van der Waals surface area contributed by atoms with Crippen LogP contribution in [0.3, 0.4) is 0 Å². The van der Waals surface area contributed by atoms with Gasteiger partial charge in [0.05, 0.1) is 21.8 Å². The van der Waals surface area contributed by atoms with Crippen LogP contribution in [0.5, 0.6) is 0 Å². The van der Waals surface area contributed by atoms with Gasteiger partial charge in [-0.1, -0.05) is 43.7 Å². The number of nitrogens with one attached hydrogen (secondary N) is 2. The third-order valence-electron chi connectivity index (χ3n) is 8.33. The molecule has 4 aromatic rings. The first-order valence-electron chi connectivity index (χ1n) is 14.8. The van der Waals surface area contributed by atoms with Crippen LogP contribution in [0.15, 0.2) is 54.0 Å². The Morgan fingerprint density at radius 2 is 1.86 bits per heavy atom. The fourth-order valence-corrected chi connectivity index (χ4v) is 6.53. The molecule has 0 radical (unpaired) electrons. The number of aromatic nitrogens is 4. The van der Waals surface area contributed by atoms with Gasteiger partial charge in [-0.05, 0) is 48.9 Å². The van der Waals surface area contributed by atoms with Crippen molar-refractivity contribution < 1.29 is 9.53 Å². The predicted octanol–water partition coefficient (Wildman–Crippen LogP) is 5.29. The van der Waals surface area contributed by atoms with E-state index in [2.05, 4.69) is 57.8 Å². The minimum absolute atomic E-state index is 0.0570. The zero-order valence-electron chi connectivity index (χ0n) is 24.2. The molecule has 1 amide bonds. The smallest absolute Gasteiger partial charge is 0.233 e. The van der Waals surface area contributed by atoms with Crippen molar-refractivity contribution in [3.05, 3.63) is 59.6 Å². The molecule has 2 aromatic carbocycles. The average Bonchev–Trinajstić information content (AvgIpc) is 3.52. The molecule has 0 bridgehead atoms. The molecule has 2 fully saturated rings. The van der Waals surface area contributed by atoms with Crippen LogP contribution in [0, 0.1) is 5.92 Å². The molecule has 1 aliphatic carbocycles. The number of ether oxygens (including phenoxy) is 1. The van der Waals surface area contributed by atoms with E-state index < -0.39 is 0 Å². The van der Waals surface area contributed by atoms with E-state index in [-0.39, 0.29) is 23.8 Å². The number of piperazine rings is 1. The van der Waals surface area contributed by atoms with Crippen LogP contribution in [0.1, 0.15) is 44.1 Å². The first-order chi connectivity index (χ1) is 20.6. The van der Waals surface area contributed by atoms with E-state index in [1.807, 2.05) is 28.6 Å². The second kappa shape index (κ2) is 13.0. The lowest BCUT2D eigenvalue weighted by atomic mass is 9.86. The highest BCUT2D eigenvalue weighted by Gasteiger charge is 2.32. The summed E-state index contributed by atoms with van der Waals surface area (Å²) in [5, 5.41) is 6.82. The van der Waals surface area contributed by atoms with Gasteiger partial charge in [0.15, 0.2) is 0 Å². The maximum Gasteiger partial charge on any atom is 0.233 e. The number of carbonyl (C=O) groups excluding carboxylic acids is 1. The summed E-state index contributed by atoms with van der Waals surface area (Å²) in [6.07, 6.45) is 4.05. The Kier molecular flexibility index (Phi) is 8.76. The number of amides is 1. The molecule has 2 aromatic heterocycles. The highest BCUT2D eigenvalue weighted by atomic mass is 32.1. The van der Waals surface area contributed by atoms with E-state index in [0.29, 0.717) is 50.6 Å². The third kappa shape index (κ3) is 6.63. The highest BCUT2D eigenvalue weighted by molar-refractivity contribution is 7.16. The normalized spacial score (nSPS) is 20.0. The quantitative estimate of drug-likeness (QED) is 0.270. The lowest BCUT2D eigenvalue weighted by Crippen LogP contribution is -2.51. The molecule has 2 aliphatic rings. The van der Waals surface area contributed by atoms with Gasteiger partial charge in [0.2, 0.25) is 23.8 Å². The Bertz CT molecular complexity index is 1490. The monoisotopic (exact) mass is 586 g/mol. The number of anilines is 4. The van der Waals surface area contributed by atoms with Gasteiger partial charge in [0, 0.05) is 51.4 Å². The molecule has 10 nitrogen and oxygen atoms in total. The van der Waals surface area contributed by atoms with Crippen molar-refractivity contribution in [3.63, 3.8) is 0 Å². The lowest BCUT2D eigenvalue weighted by Gasteiger charge is -2.38. The zero-order valence-corrected chi connectivity index (χ0v) is 25.0. The van der Waals surface area contributed by atoms with Crippen molar-refractivity contribution in [3.8, 4) is 0 Å². The van der Waals surface area contributed by atoms with E-state index >= 15 is 0 Å². The van der Waals surface area contributed by atoms with Crippen LogP contribution in [0.25, 0.3) is 10.2 Å². The summed E-state index contributed by atoms with van der Waals surface area (Å²) in [6.45, 7) is 5.51. The summed E-state index contributed by atoms with van der Waals surface area (Å²) in [7, 11) is 1.75. The van der Waals surface area contributed by atoms with Crippen LogP contribution >= 0.6 is 11.3 Å². The molecule has 220 valence electrons. The molecule has 1 aliphatic heterocycles. The Morgan fingerprint density at radius 3 is 2.67 bits per heavy atom. The zero-order chi connectivity index (χ0) is 28.9. The van der Waals surface area contributed by atoms with Gasteiger partial charge in [-0.15, -0.1) is 11.3 Å². The van der Waals surface area contributed by atoms with Gasteiger partial charge in [-0.2, -0.15) is 15.0 Å². The molecule has 2 N–H and O–H groups in total. The van der Waals surface area contributed by atoms with Gasteiger partial charge >= 0.3 is 0 Å². The second-order valence-electron chi connectivity index (χ2n) is 11.2.